The third kappa shape index (κ3) is 2.67. The summed E-state index contributed by atoms with van der Waals surface area (Å²) in [6.07, 6.45) is 1.67. The Morgan fingerprint density at radius 3 is 2.80 bits per heavy atom. The Balaban J connectivity index is 2.49. The lowest BCUT2D eigenvalue weighted by molar-refractivity contribution is 0.401. The Kier molecular flexibility index (Phi) is 4.39. The predicted molar refractivity (Wildman–Crippen MR) is 76.4 cm³/mol. The SMILES string of the molecule is CCNC(c1ccc(C)c(F)c1)c1c(OC)cnn1C. The molecule has 0 amide bonds. The molecule has 0 spiro atoms. The number of aromatic nitrogens is 2. The van der Waals surface area contributed by atoms with Crippen LogP contribution in [0.3, 0.4) is 0 Å². The number of benzene rings is 1. The van der Waals surface area contributed by atoms with Crippen LogP contribution < -0.4 is 10.1 Å². The molecule has 5 heteroatoms. The second-order valence-electron chi connectivity index (χ2n) is 4.72. The summed E-state index contributed by atoms with van der Waals surface area (Å²) in [6, 6.07) is 5.13. The molecule has 0 bridgehead atoms. The van der Waals surface area contributed by atoms with Crippen molar-refractivity contribution in [2.24, 2.45) is 7.05 Å². The maximum Gasteiger partial charge on any atom is 0.161 e. The summed E-state index contributed by atoms with van der Waals surface area (Å²) in [4.78, 5) is 0. The minimum Gasteiger partial charge on any atom is -0.493 e. The van der Waals surface area contributed by atoms with Gasteiger partial charge in [0, 0.05) is 7.05 Å². The third-order valence-corrected chi connectivity index (χ3v) is 3.38. The number of halogens is 1. The van der Waals surface area contributed by atoms with Crippen LogP contribution in [0.5, 0.6) is 5.75 Å². The molecule has 2 aromatic rings. The lowest BCUT2D eigenvalue weighted by Gasteiger charge is -2.20. The summed E-state index contributed by atoms with van der Waals surface area (Å²) >= 11 is 0. The molecule has 108 valence electrons. The highest BCUT2D eigenvalue weighted by molar-refractivity contribution is 5.37. The molecule has 0 aliphatic rings. The Hall–Kier alpha value is -1.88. The summed E-state index contributed by atoms with van der Waals surface area (Å²) in [5.41, 5.74) is 2.38. The van der Waals surface area contributed by atoms with Crippen LogP contribution in [-0.4, -0.2) is 23.4 Å². The number of aryl methyl sites for hydroxylation is 2. The van der Waals surface area contributed by atoms with E-state index in [9.17, 15) is 4.39 Å². The van der Waals surface area contributed by atoms with E-state index in [1.165, 1.54) is 0 Å². The molecule has 1 N–H and O–H groups in total. The van der Waals surface area contributed by atoms with Crippen LogP contribution in [0.25, 0.3) is 0 Å². The van der Waals surface area contributed by atoms with E-state index in [1.54, 1.807) is 37.0 Å². The fraction of sp³-hybridized carbons (Fsp3) is 0.400. The van der Waals surface area contributed by atoms with Gasteiger partial charge in [0.1, 0.15) is 11.5 Å². The first-order chi connectivity index (χ1) is 9.58. The van der Waals surface area contributed by atoms with Crippen LogP contribution in [0.1, 0.15) is 29.8 Å². The molecule has 1 atom stereocenters. The molecule has 1 aromatic carbocycles. The van der Waals surface area contributed by atoms with Crippen molar-refractivity contribution in [1.82, 2.24) is 15.1 Å². The standard InChI is InChI=1S/C15H20FN3O/c1-5-17-14(11-7-6-10(2)12(16)8-11)15-13(20-4)9-18-19(15)3/h6-9,14,17H,5H2,1-4H3. The molecular weight excluding hydrogens is 257 g/mol. The van der Waals surface area contributed by atoms with E-state index in [-0.39, 0.29) is 11.9 Å². The van der Waals surface area contributed by atoms with Gasteiger partial charge in [0.25, 0.3) is 0 Å². The molecule has 0 aliphatic heterocycles. The van der Waals surface area contributed by atoms with Crippen molar-refractivity contribution in [3.05, 3.63) is 47.0 Å². The normalized spacial score (nSPS) is 12.4. The van der Waals surface area contributed by atoms with Crippen LogP contribution in [0, 0.1) is 12.7 Å². The van der Waals surface area contributed by atoms with Crippen LogP contribution in [0.15, 0.2) is 24.4 Å². The second-order valence-corrected chi connectivity index (χ2v) is 4.72. The molecule has 1 aromatic heterocycles. The fourth-order valence-electron chi connectivity index (χ4n) is 2.28. The molecule has 0 saturated heterocycles. The van der Waals surface area contributed by atoms with Crippen molar-refractivity contribution >= 4 is 0 Å². The van der Waals surface area contributed by atoms with Crippen LogP contribution in [-0.2, 0) is 7.05 Å². The second kappa shape index (κ2) is 6.05. The molecular formula is C15H20FN3O. The quantitative estimate of drug-likeness (QED) is 0.913. The van der Waals surface area contributed by atoms with Crippen molar-refractivity contribution in [2.45, 2.75) is 19.9 Å². The molecule has 0 aliphatic carbocycles. The summed E-state index contributed by atoms with van der Waals surface area (Å²) in [7, 11) is 3.46. The van der Waals surface area contributed by atoms with Gasteiger partial charge in [0.05, 0.1) is 19.3 Å². The maximum atomic E-state index is 13.8. The lowest BCUT2D eigenvalue weighted by atomic mass is 10.0. The average Bonchev–Trinajstić information content (AvgIpc) is 2.80. The molecule has 0 fully saturated rings. The monoisotopic (exact) mass is 277 g/mol. The highest BCUT2D eigenvalue weighted by Gasteiger charge is 2.22. The van der Waals surface area contributed by atoms with Crippen molar-refractivity contribution < 1.29 is 9.13 Å². The summed E-state index contributed by atoms with van der Waals surface area (Å²) in [5.74, 6) is 0.492. The van der Waals surface area contributed by atoms with Crippen molar-refractivity contribution in [1.29, 1.82) is 0 Å². The van der Waals surface area contributed by atoms with Gasteiger partial charge in [0.2, 0.25) is 0 Å². The fourth-order valence-corrected chi connectivity index (χ4v) is 2.28. The molecule has 1 unspecified atom stereocenters. The lowest BCUT2D eigenvalue weighted by Crippen LogP contribution is -2.25. The third-order valence-electron chi connectivity index (χ3n) is 3.38. The number of nitrogens with one attached hydrogen (secondary N) is 1. The van der Waals surface area contributed by atoms with Gasteiger partial charge in [-0.15, -0.1) is 0 Å². The zero-order chi connectivity index (χ0) is 14.7. The van der Waals surface area contributed by atoms with Gasteiger partial charge in [-0.3, -0.25) is 4.68 Å². The molecule has 1 heterocycles. The summed E-state index contributed by atoms with van der Waals surface area (Å²) in [6.45, 7) is 4.53. The predicted octanol–water partition coefficient (Wildman–Crippen LogP) is 2.58. The topological polar surface area (TPSA) is 39.1 Å². The molecule has 0 saturated carbocycles. The first-order valence-electron chi connectivity index (χ1n) is 6.63. The van der Waals surface area contributed by atoms with Gasteiger partial charge >= 0.3 is 0 Å². The van der Waals surface area contributed by atoms with Crippen molar-refractivity contribution in [3.8, 4) is 5.75 Å². The van der Waals surface area contributed by atoms with Gasteiger partial charge in [0.15, 0.2) is 5.75 Å². The van der Waals surface area contributed by atoms with E-state index in [2.05, 4.69) is 10.4 Å². The maximum absolute atomic E-state index is 13.8. The summed E-state index contributed by atoms with van der Waals surface area (Å²) < 4.78 is 20.9. The molecule has 2 rings (SSSR count). The van der Waals surface area contributed by atoms with Crippen molar-refractivity contribution in [3.63, 3.8) is 0 Å². The minimum atomic E-state index is -0.202. The Morgan fingerprint density at radius 2 is 2.20 bits per heavy atom. The van der Waals surface area contributed by atoms with Gasteiger partial charge in [-0.05, 0) is 30.7 Å². The van der Waals surface area contributed by atoms with Gasteiger partial charge in [-0.25, -0.2) is 4.39 Å². The minimum absolute atomic E-state index is 0.155. The Morgan fingerprint density at radius 1 is 1.45 bits per heavy atom. The first kappa shape index (κ1) is 14.5. The average molecular weight is 277 g/mol. The first-order valence-corrected chi connectivity index (χ1v) is 6.63. The highest BCUT2D eigenvalue weighted by Crippen LogP contribution is 2.30. The van der Waals surface area contributed by atoms with Gasteiger partial charge < -0.3 is 10.1 Å². The molecule has 4 nitrogen and oxygen atoms in total. The number of hydrogen-bond donors (Lipinski definition) is 1. The largest absolute Gasteiger partial charge is 0.493 e. The van der Waals surface area contributed by atoms with Crippen molar-refractivity contribution in [2.75, 3.05) is 13.7 Å². The van der Waals surface area contributed by atoms with E-state index < -0.39 is 0 Å². The van der Waals surface area contributed by atoms with Gasteiger partial charge in [-0.2, -0.15) is 5.10 Å². The number of rotatable bonds is 5. The molecule has 0 radical (unpaired) electrons. The van der Waals surface area contributed by atoms with Crippen LogP contribution in [0.2, 0.25) is 0 Å². The van der Waals surface area contributed by atoms with Crippen LogP contribution >= 0.6 is 0 Å². The Labute approximate surface area is 118 Å². The van der Waals surface area contributed by atoms with E-state index in [1.807, 2.05) is 20.0 Å². The Bertz CT molecular complexity index is 595. The number of hydrogen-bond acceptors (Lipinski definition) is 3. The molecule has 20 heavy (non-hydrogen) atoms. The van der Waals surface area contributed by atoms with Crippen LogP contribution in [0.4, 0.5) is 4.39 Å². The van der Waals surface area contributed by atoms with E-state index in [0.717, 1.165) is 17.8 Å². The van der Waals surface area contributed by atoms with E-state index >= 15 is 0 Å². The van der Waals surface area contributed by atoms with E-state index in [4.69, 9.17) is 4.74 Å². The highest BCUT2D eigenvalue weighted by atomic mass is 19.1. The number of methoxy groups -OCH3 is 1. The zero-order valence-corrected chi connectivity index (χ0v) is 12.3. The van der Waals surface area contributed by atoms with E-state index in [0.29, 0.717) is 11.3 Å². The number of nitrogens with zero attached hydrogens (tertiary/aromatic N) is 2. The zero-order valence-electron chi connectivity index (χ0n) is 12.3. The smallest absolute Gasteiger partial charge is 0.161 e. The van der Waals surface area contributed by atoms with Gasteiger partial charge in [-0.1, -0.05) is 19.1 Å². The number of ether oxygens (including phenoxy) is 1. The summed E-state index contributed by atoms with van der Waals surface area (Å²) in [5, 5.41) is 7.57.